The third kappa shape index (κ3) is 7.01. The predicted octanol–water partition coefficient (Wildman–Crippen LogP) is 3.51. The van der Waals surface area contributed by atoms with Crippen LogP contribution in [0.15, 0.2) is 0 Å². The van der Waals surface area contributed by atoms with Crippen LogP contribution in [0.3, 0.4) is 0 Å². The van der Waals surface area contributed by atoms with Gasteiger partial charge in [-0.25, -0.2) is 0 Å². The van der Waals surface area contributed by atoms with Crippen LogP contribution < -0.4 is 0 Å². The van der Waals surface area contributed by atoms with Crippen LogP contribution in [-0.2, 0) is 0 Å². The molecule has 3 nitrogen and oxygen atoms in total. The maximum atomic E-state index is 2.71. The molecule has 142 valence electrons. The Labute approximate surface area is 151 Å². The van der Waals surface area contributed by atoms with Crippen LogP contribution in [0.4, 0.5) is 0 Å². The van der Waals surface area contributed by atoms with Crippen LogP contribution in [0.5, 0.6) is 0 Å². The molecule has 0 amide bonds. The Morgan fingerprint density at radius 1 is 0.833 bits per heavy atom. The van der Waals surface area contributed by atoms with E-state index in [0.29, 0.717) is 0 Å². The fourth-order valence-electron chi connectivity index (χ4n) is 5.11. The molecule has 2 aliphatic heterocycles. The van der Waals surface area contributed by atoms with Crippen molar-refractivity contribution >= 4 is 0 Å². The van der Waals surface area contributed by atoms with Crippen LogP contribution in [0.25, 0.3) is 0 Å². The van der Waals surface area contributed by atoms with Gasteiger partial charge in [-0.1, -0.05) is 27.7 Å². The highest BCUT2D eigenvalue weighted by Gasteiger charge is 2.30. The smallest absolute Gasteiger partial charge is 0.00222 e. The van der Waals surface area contributed by atoms with E-state index in [-0.39, 0.29) is 0 Å². The van der Waals surface area contributed by atoms with E-state index in [2.05, 4.69) is 56.5 Å². The first-order valence-corrected chi connectivity index (χ1v) is 10.4. The Morgan fingerprint density at radius 2 is 1.46 bits per heavy atom. The first-order chi connectivity index (χ1) is 11.3. The Bertz CT molecular complexity index is 349. The molecule has 0 aromatic carbocycles. The second kappa shape index (κ2) is 9.54. The molecule has 3 heteroatoms. The largest absolute Gasteiger partial charge is 0.309 e. The quantitative estimate of drug-likeness (QED) is 0.604. The minimum atomic E-state index is 0.814. The predicted molar refractivity (Wildman–Crippen MR) is 105 cm³/mol. The van der Waals surface area contributed by atoms with Gasteiger partial charge in [0.25, 0.3) is 0 Å². The normalized spacial score (nSPS) is 26.2. The van der Waals surface area contributed by atoms with Crippen molar-refractivity contribution in [1.82, 2.24) is 14.7 Å². The Hall–Kier alpha value is -0.120. The minimum Gasteiger partial charge on any atom is -0.309 e. The van der Waals surface area contributed by atoms with Gasteiger partial charge in [-0.3, -0.25) is 0 Å². The maximum Gasteiger partial charge on any atom is 0.00222 e. The molecule has 0 spiro atoms. The van der Waals surface area contributed by atoms with Gasteiger partial charge in [0.1, 0.15) is 0 Å². The highest BCUT2D eigenvalue weighted by Crippen LogP contribution is 2.28. The van der Waals surface area contributed by atoms with Gasteiger partial charge in [0.15, 0.2) is 0 Å². The second-order valence-electron chi connectivity index (χ2n) is 9.84. The fourth-order valence-corrected chi connectivity index (χ4v) is 5.11. The SMILES string of the molecule is CC(C)CN1CCC(CC(C)CN2CC(CC(C)CN(C)C)C2)C1. The third-order valence-corrected chi connectivity index (χ3v) is 5.74. The molecule has 0 saturated carbocycles. The lowest BCUT2D eigenvalue weighted by atomic mass is 9.87. The number of likely N-dealkylation sites (tertiary alicyclic amines) is 2. The molecule has 2 rings (SSSR count). The van der Waals surface area contributed by atoms with Crippen LogP contribution in [0.2, 0.25) is 0 Å². The van der Waals surface area contributed by atoms with E-state index in [9.17, 15) is 0 Å². The molecule has 0 N–H and O–H groups in total. The van der Waals surface area contributed by atoms with Gasteiger partial charge < -0.3 is 14.7 Å². The summed E-state index contributed by atoms with van der Waals surface area (Å²) in [5, 5.41) is 0. The van der Waals surface area contributed by atoms with Crippen molar-refractivity contribution in [2.24, 2.45) is 29.6 Å². The zero-order valence-corrected chi connectivity index (χ0v) is 17.3. The average molecular weight is 338 g/mol. The minimum absolute atomic E-state index is 0.814. The van der Waals surface area contributed by atoms with Crippen LogP contribution >= 0.6 is 0 Å². The van der Waals surface area contributed by atoms with Crippen LogP contribution in [0.1, 0.15) is 47.0 Å². The van der Waals surface area contributed by atoms with Gasteiger partial charge >= 0.3 is 0 Å². The molecule has 0 bridgehead atoms. The van der Waals surface area contributed by atoms with E-state index in [1.54, 1.807) is 0 Å². The van der Waals surface area contributed by atoms with Crippen molar-refractivity contribution in [3.63, 3.8) is 0 Å². The lowest BCUT2D eigenvalue weighted by molar-refractivity contribution is 0.0627. The van der Waals surface area contributed by atoms with E-state index < -0.39 is 0 Å². The summed E-state index contributed by atoms with van der Waals surface area (Å²) in [4.78, 5) is 7.72. The number of rotatable bonds is 10. The second-order valence-corrected chi connectivity index (χ2v) is 9.84. The van der Waals surface area contributed by atoms with Crippen LogP contribution in [0, 0.1) is 29.6 Å². The summed E-state index contributed by atoms with van der Waals surface area (Å²) in [6.07, 6.45) is 4.28. The lowest BCUT2D eigenvalue weighted by Gasteiger charge is -2.42. The molecule has 2 fully saturated rings. The van der Waals surface area contributed by atoms with Gasteiger partial charge in [-0.2, -0.15) is 0 Å². The average Bonchev–Trinajstić information content (AvgIpc) is 2.81. The molecule has 0 aromatic rings. The van der Waals surface area contributed by atoms with Crippen molar-refractivity contribution in [2.45, 2.75) is 47.0 Å². The fraction of sp³-hybridized carbons (Fsp3) is 1.00. The first kappa shape index (κ1) is 20.2. The molecular weight excluding hydrogens is 294 g/mol. The van der Waals surface area contributed by atoms with E-state index in [4.69, 9.17) is 0 Å². The van der Waals surface area contributed by atoms with Gasteiger partial charge in [0.2, 0.25) is 0 Å². The summed E-state index contributed by atoms with van der Waals surface area (Å²) in [6, 6.07) is 0. The summed E-state index contributed by atoms with van der Waals surface area (Å²) >= 11 is 0. The molecule has 3 atom stereocenters. The number of nitrogens with zero attached hydrogens (tertiary/aromatic N) is 3. The van der Waals surface area contributed by atoms with Gasteiger partial charge in [-0.05, 0) is 69.5 Å². The summed E-state index contributed by atoms with van der Waals surface area (Å²) in [7, 11) is 4.38. The molecule has 0 aromatic heterocycles. The monoisotopic (exact) mass is 337 g/mol. The molecular formula is C21H43N3. The van der Waals surface area contributed by atoms with Crippen LogP contribution in [-0.4, -0.2) is 74.6 Å². The summed E-state index contributed by atoms with van der Waals surface area (Å²) < 4.78 is 0. The van der Waals surface area contributed by atoms with Gasteiger partial charge in [-0.15, -0.1) is 0 Å². The summed E-state index contributed by atoms with van der Waals surface area (Å²) in [6.45, 7) is 18.8. The lowest BCUT2D eigenvalue weighted by Crippen LogP contribution is -2.49. The highest BCUT2D eigenvalue weighted by atomic mass is 15.2. The number of hydrogen-bond acceptors (Lipinski definition) is 3. The molecule has 0 aliphatic carbocycles. The Balaban J connectivity index is 1.56. The first-order valence-electron chi connectivity index (χ1n) is 10.4. The molecule has 2 aliphatic rings. The van der Waals surface area contributed by atoms with E-state index in [0.717, 1.165) is 29.6 Å². The summed E-state index contributed by atoms with van der Waals surface area (Å²) in [5.41, 5.74) is 0. The zero-order valence-electron chi connectivity index (χ0n) is 17.3. The Kier molecular flexibility index (Phi) is 8.03. The van der Waals surface area contributed by atoms with Crippen molar-refractivity contribution in [3.8, 4) is 0 Å². The molecule has 0 radical (unpaired) electrons. The van der Waals surface area contributed by atoms with E-state index in [1.165, 1.54) is 65.1 Å². The highest BCUT2D eigenvalue weighted by molar-refractivity contribution is 4.84. The molecule has 3 unspecified atom stereocenters. The van der Waals surface area contributed by atoms with E-state index in [1.807, 2.05) is 0 Å². The van der Waals surface area contributed by atoms with E-state index >= 15 is 0 Å². The van der Waals surface area contributed by atoms with Crippen molar-refractivity contribution in [2.75, 3.05) is 59.9 Å². The third-order valence-electron chi connectivity index (χ3n) is 5.74. The van der Waals surface area contributed by atoms with Crippen molar-refractivity contribution in [3.05, 3.63) is 0 Å². The molecule has 2 saturated heterocycles. The summed E-state index contributed by atoms with van der Waals surface area (Å²) in [5.74, 6) is 4.44. The number of hydrogen-bond donors (Lipinski definition) is 0. The van der Waals surface area contributed by atoms with Crippen molar-refractivity contribution < 1.29 is 0 Å². The Morgan fingerprint density at radius 3 is 2.08 bits per heavy atom. The van der Waals surface area contributed by atoms with Crippen molar-refractivity contribution in [1.29, 1.82) is 0 Å². The molecule has 24 heavy (non-hydrogen) atoms. The zero-order chi connectivity index (χ0) is 17.7. The molecule has 2 heterocycles. The maximum absolute atomic E-state index is 2.71. The topological polar surface area (TPSA) is 9.72 Å². The standard InChI is InChI=1S/C21H43N3/c1-17(2)11-23-8-7-20(14-23)9-19(4)13-24-15-21(16-24)10-18(3)12-22(5)6/h17-21H,7-16H2,1-6H3. The van der Waals surface area contributed by atoms with Gasteiger partial charge in [0, 0.05) is 39.3 Å². The van der Waals surface area contributed by atoms with Gasteiger partial charge in [0.05, 0.1) is 0 Å².